The van der Waals surface area contributed by atoms with Gasteiger partial charge in [0.05, 0.1) is 0 Å². The van der Waals surface area contributed by atoms with Crippen molar-refractivity contribution in [1.82, 2.24) is 0 Å². The molecule has 3 rings (SSSR count). The van der Waals surface area contributed by atoms with Crippen LogP contribution in [0.3, 0.4) is 0 Å². The summed E-state index contributed by atoms with van der Waals surface area (Å²) in [5.41, 5.74) is -4.41. The quantitative estimate of drug-likeness (QED) is 0.833. The van der Waals surface area contributed by atoms with Crippen molar-refractivity contribution in [3.05, 3.63) is 35.9 Å². The van der Waals surface area contributed by atoms with Crippen LogP contribution in [0.15, 0.2) is 35.5 Å². The number of nitrogens with zero attached hydrogens (tertiary/aromatic N) is 1. The van der Waals surface area contributed by atoms with Crippen LogP contribution in [0, 0.1) is 16.7 Å². The van der Waals surface area contributed by atoms with Crippen molar-refractivity contribution in [3.63, 3.8) is 0 Å². The lowest BCUT2D eigenvalue weighted by Gasteiger charge is -2.45. The van der Waals surface area contributed by atoms with Crippen molar-refractivity contribution in [2.45, 2.75) is 52.0 Å². The van der Waals surface area contributed by atoms with E-state index in [2.05, 4.69) is 5.16 Å². The molecule has 0 radical (unpaired) electrons. The molecule has 2 bridgehead atoms. The normalized spacial score (nSPS) is 36.3. The Bertz CT molecular complexity index is 656. The van der Waals surface area contributed by atoms with Crippen LogP contribution in [-0.4, -0.2) is 22.6 Å². The molecule has 132 valence electrons. The summed E-state index contributed by atoms with van der Waals surface area (Å²) in [6.07, 6.45) is -3.89. The zero-order valence-electron chi connectivity index (χ0n) is 14.0. The summed E-state index contributed by atoms with van der Waals surface area (Å²) in [6, 6.07) is 9.10. The van der Waals surface area contributed by atoms with Gasteiger partial charge in [-0.2, -0.15) is 13.2 Å². The minimum absolute atomic E-state index is 0.0716. The molecule has 2 fully saturated rings. The summed E-state index contributed by atoms with van der Waals surface area (Å²) >= 11 is 0. The van der Waals surface area contributed by atoms with Gasteiger partial charge < -0.3 is 9.94 Å². The van der Waals surface area contributed by atoms with Crippen molar-refractivity contribution in [2.75, 3.05) is 0 Å². The fourth-order valence-corrected chi connectivity index (χ4v) is 4.50. The Balaban J connectivity index is 1.95. The molecule has 2 aliphatic rings. The maximum Gasteiger partial charge on any atom is 0.423 e. The summed E-state index contributed by atoms with van der Waals surface area (Å²) in [7, 11) is 0. The fraction of sp³-hybridized carbons (Fsp3) is 0.611. The fourth-order valence-electron chi connectivity index (χ4n) is 4.50. The SMILES string of the molecule is CC1(C)[C@H]2CC[C@]1(C)[C@@](O)(C(F)(F)F)/C2=N/OCc1ccccc1. The zero-order valence-corrected chi connectivity index (χ0v) is 14.0. The van der Waals surface area contributed by atoms with Gasteiger partial charge in [0.1, 0.15) is 12.3 Å². The Labute approximate surface area is 139 Å². The summed E-state index contributed by atoms with van der Waals surface area (Å²) in [5.74, 6) is -0.440. The lowest BCUT2D eigenvalue weighted by atomic mass is 9.64. The topological polar surface area (TPSA) is 41.8 Å². The van der Waals surface area contributed by atoms with E-state index < -0.39 is 28.5 Å². The minimum Gasteiger partial charge on any atom is -0.391 e. The summed E-state index contributed by atoms with van der Waals surface area (Å²) in [5, 5.41) is 14.5. The molecular weight excluding hydrogens is 319 g/mol. The average molecular weight is 341 g/mol. The number of oxime groups is 1. The van der Waals surface area contributed by atoms with Gasteiger partial charge in [0.15, 0.2) is 0 Å². The first-order valence-corrected chi connectivity index (χ1v) is 8.09. The third-order valence-corrected chi connectivity index (χ3v) is 6.37. The lowest BCUT2D eigenvalue weighted by molar-refractivity contribution is -0.274. The largest absolute Gasteiger partial charge is 0.423 e. The van der Waals surface area contributed by atoms with E-state index in [0.717, 1.165) is 5.56 Å². The summed E-state index contributed by atoms with van der Waals surface area (Å²) < 4.78 is 41.4. The predicted octanol–water partition coefficient (Wildman–Crippen LogP) is 4.31. The van der Waals surface area contributed by atoms with Gasteiger partial charge >= 0.3 is 6.18 Å². The van der Waals surface area contributed by atoms with E-state index in [1.807, 2.05) is 30.3 Å². The second kappa shape index (κ2) is 5.22. The molecular formula is C18H22F3NO2. The highest BCUT2D eigenvalue weighted by atomic mass is 19.4. The zero-order chi connectivity index (χ0) is 17.8. The highest BCUT2D eigenvalue weighted by Crippen LogP contribution is 2.71. The molecule has 3 atom stereocenters. The Kier molecular flexibility index (Phi) is 3.75. The standard InChI is InChI=1S/C18H22F3NO2/c1-15(2)13-9-10-16(15,3)17(23,18(19,20)21)14(13)22-24-11-12-7-5-4-6-8-12/h4-8,13,23H,9-11H2,1-3H3/b22-14+/t13-,16-,17+/m0/s1. The molecule has 1 N–H and O–H groups in total. The molecule has 2 aliphatic carbocycles. The highest BCUT2D eigenvalue weighted by molar-refractivity contribution is 6.00. The molecule has 0 spiro atoms. The van der Waals surface area contributed by atoms with Crippen LogP contribution < -0.4 is 0 Å². The first-order chi connectivity index (χ1) is 11.1. The third kappa shape index (κ3) is 2.05. The van der Waals surface area contributed by atoms with E-state index in [9.17, 15) is 18.3 Å². The molecule has 1 aromatic rings. The van der Waals surface area contributed by atoms with Crippen molar-refractivity contribution in [1.29, 1.82) is 0 Å². The lowest BCUT2D eigenvalue weighted by Crippen LogP contribution is -2.61. The van der Waals surface area contributed by atoms with Crippen molar-refractivity contribution < 1.29 is 23.1 Å². The molecule has 0 unspecified atom stereocenters. The van der Waals surface area contributed by atoms with Gasteiger partial charge in [-0.25, -0.2) is 0 Å². The number of fused-ring (bicyclic) bond motifs is 2. The first-order valence-electron chi connectivity index (χ1n) is 8.09. The Morgan fingerprint density at radius 3 is 2.42 bits per heavy atom. The number of rotatable bonds is 3. The molecule has 0 heterocycles. The highest BCUT2D eigenvalue weighted by Gasteiger charge is 2.81. The van der Waals surface area contributed by atoms with Crippen molar-refractivity contribution in [3.8, 4) is 0 Å². The molecule has 0 aliphatic heterocycles. The van der Waals surface area contributed by atoms with Crippen LogP contribution in [0.2, 0.25) is 0 Å². The Morgan fingerprint density at radius 1 is 1.21 bits per heavy atom. The van der Waals surface area contributed by atoms with Crippen LogP contribution in [-0.2, 0) is 11.4 Å². The van der Waals surface area contributed by atoms with Crippen LogP contribution in [0.4, 0.5) is 13.2 Å². The van der Waals surface area contributed by atoms with E-state index in [-0.39, 0.29) is 12.3 Å². The van der Waals surface area contributed by atoms with Gasteiger partial charge in [-0.05, 0) is 23.8 Å². The number of benzene rings is 1. The van der Waals surface area contributed by atoms with Gasteiger partial charge in [0.2, 0.25) is 5.60 Å². The van der Waals surface area contributed by atoms with Gasteiger partial charge in [0.25, 0.3) is 0 Å². The van der Waals surface area contributed by atoms with Gasteiger partial charge in [-0.15, -0.1) is 0 Å². The smallest absolute Gasteiger partial charge is 0.391 e. The van der Waals surface area contributed by atoms with Gasteiger partial charge in [-0.1, -0.05) is 56.3 Å². The summed E-state index contributed by atoms with van der Waals surface area (Å²) in [4.78, 5) is 5.21. The second-order valence-corrected chi connectivity index (χ2v) is 7.59. The molecule has 2 saturated carbocycles. The van der Waals surface area contributed by atoms with Crippen molar-refractivity contribution >= 4 is 5.71 Å². The molecule has 1 aromatic carbocycles. The van der Waals surface area contributed by atoms with Gasteiger partial charge in [-0.3, -0.25) is 0 Å². The molecule has 0 saturated heterocycles. The van der Waals surface area contributed by atoms with E-state index in [1.165, 1.54) is 6.92 Å². The number of hydrogen-bond acceptors (Lipinski definition) is 3. The Hall–Kier alpha value is -1.56. The van der Waals surface area contributed by atoms with E-state index in [4.69, 9.17) is 4.84 Å². The Morgan fingerprint density at radius 2 is 1.83 bits per heavy atom. The monoisotopic (exact) mass is 341 g/mol. The van der Waals surface area contributed by atoms with Crippen LogP contribution in [0.5, 0.6) is 0 Å². The molecule has 24 heavy (non-hydrogen) atoms. The van der Waals surface area contributed by atoms with Crippen LogP contribution in [0.1, 0.15) is 39.2 Å². The molecule has 0 amide bonds. The molecule has 6 heteroatoms. The molecule has 0 aromatic heterocycles. The average Bonchev–Trinajstić information content (AvgIpc) is 2.80. The summed E-state index contributed by atoms with van der Waals surface area (Å²) in [6.45, 7) is 5.14. The third-order valence-electron chi connectivity index (χ3n) is 6.37. The number of halogens is 3. The minimum atomic E-state index is -4.79. The van der Waals surface area contributed by atoms with E-state index >= 15 is 0 Å². The van der Waals surface area contributed by atoms with E-state index in [0.29, 0.717) is 12.8 Å². The first kappa shape index (κ1) is 17.3. The van der Waals surface area contributed by atoms with Gasteiger partial charge in [0, 0.05) is 11.3 Å². The number of aliphatic hydroxyl groups is 1. The van der Waals surface area contributed by atoms with Crippen LogP contribution >= 0.6 is 0 Å². The van der Waals surface area contributed by atoms with Crippen molar-refractivity contribution in [2.24, 2.45) is 21.9 Å². The van der Waals surface area contributed by atoms with E-state index in [1.54, 1.807) is 13.8 Å². The maximum atomic E-state index is 13.8. The predicted molar refractivity (Wildman–Crippen MR) is 84.3 cm³/mol. The molecule has 3 nitrogen and oxygen atoms in total. The number of hydrogen-bond donors (Lipinski definition) is 1. The van der Waals surface area contributed by atoms with Crippen LogP contribution in [0.25, 0.3) is 0 Å². The second-order valence-electron chi connectivity index (χ2n) is 7.59. The number of alkyl halides is 3. The maximum absolute atomic E-state index is 13.8.